The first-order valence-corrected chi connectivity index (χ1v) is 6.18. The van der Waals surface area contributed by atoms with Crippen molar-refractivity contribution in [2.24, 2.45) is 5.92 Å². The van der Waals surface area contributed by atoms with Crippen molar-refractivity contribution in [1.82, 2.24) is 25.1 Å². The summed E-state index contributed by atoms with van der Waals surface area (Å²) in [4.78, 5) is 8.37. The Morgan fingerprint density at radius 2 is 2.22 bits per heavy atom. The number of pyridine rings is 1. The van der Waals surface area contributed by atoms with Crippen molar-refractivity contribution < 1.29 is 0 Å². The Bertz CT molecular complexity index is 490. The molecule has 0 amide bonds. The third kappa shape index (κ3) is 3.13. The zero-order valence-corrected chi connectivity index (χ0v) is 11.1. The number of nitrogens with zero attached hydrogens (tertiary/aromatic N) is 4. The molecular formula is C13H19N5. The van der Waals surface area contributed by atoms with Crippen LogP contribution in [0.1, 0.15) is 25.0 Å². The highest BCUT2D eigenvalue weighted by Crippen LogP contribution is 2.11. The zero-order chi connectivity index (χ0) is 13.0. The van der Waals surface area contributed by atoms with Gasteiger partial charge in [-0.25, -0.2) is 14.6 Å². The Hall–Kier alpha value is -1.75. The van der Waals surface area contributed by atoms with Gasteiger partial charge < -0.3 is 5.32 Å². The number of aromatic nitrogens is 4. The van der Waals surface area contributed by atoms with Crippen LogP contribution in [0.5, 0.6) is 0 Å². The van der Waals surface area contributed by atoms with E-state index in [0.717, 1.165) is 24.5 Å². The third-order valence-corrected chi connectivity index (χ3v) is 2.62. The maximum atomic E-state index is 4.44. The van der Waals surface area contributed by atoms with Crippen LogP contribution in [0.15, 0.2) is 24.9 Å². The molecule has 0 unspecified atom stereocenters. The lowest BCUT2D eigenvalue weighted by molar-refractivity contribution is 0.551. The maximum Gasteiger partial charge on any atom is 0.158 e. The van der Waals surface area contributed by atoms with Crippen molar-refractivity contribution in [3.63, 3.8) is 0 Å². The summed E-state index contributed by atoms with van der Waals surface area (Å²) in [7, 11) is 0. The highest BCUT2D eigenvalue weighted by Gasteiger charge is 2.04. The first kappa shape index (κ1) is 12.7. The lowest BCUT2D eigenvalue weighted by Crippen LogP contribution is -2.19. The summed E-state index contributed by atoms with van der Waals surface area (Å²) in [5, 5.41) is 7.50. The van der Waals surface area contributed by atoms with Crippen LogP contribution in [0.2, 0.25) is 0 Å². The molecule has 0 saturated carbocycles. The molecule has 1 N–H and O–H groups in total. The first-order chi connectivity index (χ1) is 8.66. The number of hydrogen-bond donors (Lipinski definition) is 1. The number of aryl methyl sites for hydroxylation is 1. The summed E-state index contributed by atoms with van der Waals surface area (Å²) < 4.78 is 1.68. The van der Waals surface area contributed by atoms with Crippen LogP contribution < -0.4 is 5.32 Å². The molecule has 96 valence electrons. The van der Waals surface area contributed by atoms with E-state index in [2.05, 4.69) is 40.3 Å². The summed E-state index contributed by atoms with van der Waals surface area (Å²) in [5.74, 6) is 1.49. The molecule has 0 saturated heterocycles. The molecule has 2 aromatic heterocycles. The van der Waals surface area contributed by atoms with E-state index in [1.807, 2.05) is 13.1 Å². The van der Waals surface area contributed by atoms with Crippen LogP contribution in [-0.2, 0) is 6.54 Å². The van der Waals surface area contributed by atoms with E-state index in [4.69, 9.17) is 0 Å². The minimum Gasteiger partial charge on any atom is -0.312 e. The van der Waals surface area contributed by atoms with Crippen molar-refractivity contribution in [3.05, 3.63) is 36.0 Å². The fourth-order valence-corrected chi connectivity index (χ4v) is 1.79. The number of hydrogen-bond acceptors (Lipinski definition) is 4. The van der Waals surface area contributed by atoms with Crippen LogP contribution in [0.3, 0.4) is 0 Å². The van der Waals surface area contributed by atoms with Crippen molar-refractivity contribution in [1.29, 1.82) is 0 Å². The van der Waals surface area contributed by atoms with Crippen molar-refractivity contribution >= 4 is 0 Å². The summed E-state index contributed by atoms with van der Waals surface area (Å²) in [6.45, 7) is 8.30. The van der Waals surface area contributed by atoms with Gasteiger partial charge in [0.2, 0.25) is 0 Å². The minimum absolute atomic E-state index is 0.661. The Balaban J connectivity index is 2.06. The van der Waals surface area contributed by atoms with Gasteiger partial charge in [0.1, 0.15) is 12.7 Å². The molecule has 0 aliphatic heterocycles. The molecule has 18 heavy (non-hydrogen) atoms. The highest BCUT2D eigenvalue weighted by molar-refractivity contribution is 5.34. The summed E-state index contributed by atoms with van der Waals surface area (Å²) in [6.07, 6.45) is 5.06. The third-order valence-electron chi connectivity index (χ3n) is 2.62. The molecule has 0 aliphatic rings. The van der Waals surface area contributed by atoms with E-state index in [0.29, 0.717) is 5.92 Å². The van der Waals surface area contributed by atoms with Gasteiger partial charge in [-0.05, 0) is 36.6 Å². The van der Waals surface area contributed by atoms with E-state index < -0.39 is 0 Å². The van der Waals surface area contributed by atoms with Gasteiger partial charge in [-0.15, -0.1) is 0 Å². The second kappa shape index (κ2) is 5.73. The fraction of sp³-hybridized carbons (Fsp3) is 0.462. The molecule has 2 heterocycles. The highest BCUT2D eigenvalue weighted by atomic mass is 15.3. The molecule has 2 aromatic rings. The molecule has 5 nitrogen and oxygen atoms in total. The van der Waals surface area contributed by atoms with Gasteiger partial charge >= 0.3 is 0 Å². The summed E-state index contributed by atoms with van der Waals surface area (Å²) in [5.41, 5.74) is 2.29. The average molecular weight is 245 g/mol. The topological polar surface area (TPSA) is 55.6 Å². The first-order valence-electron chi connectivity index (χ1n) is 6.18. The fourth-order valence-electron chi connectivity index (χ4n) is 1.79. The molecule has 0 atom stereocenters. The van der Waals surface area contributed by atoms with Gasteiger partial charge in [-0.3, -0.25) is 0 Å². The predicted molar refractivity (Wildman–Crippen MR) is 70.4 cm³/mol. The van der Waals surface area contributed by atoms with Crippen LogP contribution in [0.4, 0.5) is 0 Å². The van der Waals surface area contributed by atoms with Crippen LogP contribution in [0.25, 0.3) is 5.82 Å². The lowest BCUT2D eigenvalue weighted by atomic mass is 10.2. The standard InChI is InChI=1S/C13H19N5/c1-10(2)5-14-6-12-4-11(3)13(16-7-12)18-9-15-8-17-18/h4,7-10,14H,5-6H2,1-3H3. The van der Waals surface area contributed by atoms with Gasteiger partial charge in [-0.1, -0.05) is 13.8 Å². The Morgan fingerprint density at radius 1 is 1.39 bits per heavy atom. The number of nitrogens with one attached hydrogen (secondary N) is 1. The molecule has 0 aliphatic carbocycles. The molecule has 0 bridgehead atoms. The van der Waals surface area contributed by atoms with Crippen molar-refractivity contribution in [3.8, 4) is 5.82 Å². The van der Waals surface area contributed by atoms with Crippen LogP contribution >= 0.6 is 0 Å². The largest absolute Gasteiger partial charge is 0.312 e. The second-order valence-corrected chi connectivity index (χ2v) is 4.85. The van der Waals surface area contributed by atoms with E-state index in [1.54, 1.807) is 11.0 Å². The lowest BCUT2D eigenvalue weighted by Gasteiger charge is -2.09. The minimum atomic E-state index is 0.661. The maximum absolute atomic E-state index is 4.44. The Labute approximate surface area is 107 Å². The normalized spacial score (nSPS) is 11.1. The summed E-state index contributed by atoms with van der Waals surface area (Å²) >= 11 is 0. The van der Waals surface area contributed by atoms with Gasteiger partial charge in [0.05, 0.1) is 0 Å². The molecular weight excluding hydrogens is 226 g/mol. The van der Waals surface area contributed by atoms with Gasteiger partial charge in [0.25, 0.3) is 0 Å². The van der Waals surface area contributed by atoms with Gasteiger partial charge in [-0.2, -0.15) is 5.10 Å². The van der Waals surface area contributed by atoms with Crippen LogP contribution in [-0.4, -0.2) is 26.3 Å². The molecule has 0 spiro atoms. The van der Waals surface area contributed by atoms with E-state index in [1.165, 1.54) is 11.9 Å². The van der Waals surface area contributed by atoms with E-state index in [9.17, 15) is 0 Å². The van der Waals surface area contributed by atoms with Crippen molar-refractivity contribution in [2.45, 2.75) is 27.3 Å². The molecule has 0 fully saturated rings. The predicted octanol–water partition coefficient (Wildman–Crippen LogP) is 1.72. The van der Waals surface area contributed by atoms with E-state index >= 15 is 0 Å². The summed E-state index contributed by atoms with van der Waals surface area (Å²) in [6, 6.07) is 2.14. The molecule has 2 rings (SSSR count). The SMILES string of the molecule is Cc1cc(CNCC(C)C)cnc1-n1cncn1. The quantitative estimate of drug-likeness (QED) is 0.871. The van der Waals surface area contributed by atoms with Crippen LogP contribution in [0, 0.1) is 12.8 Å². The molecule has 5 heteroatoms. The smallest absolute Gasteiger partial charge is 0.158 e. The number of rotatable bonds is 5. The Morgan fingerprint density at radius 3 is 2.83 bits per heavy atom. The van der Waals surface area contributed by atoms with Gasteiger partial charge in [0.15, 0.2) is 5.82 Å². The van der Waals surface area contributed by atoms with Crippen molar-refractivity contribution in [2.75, 3.05) is 6.54 Å². The second-order valence-electron chi connectivity index (χ2n) is 4.85. The monoisotopic (exact) mass is 245 g/mol. The van der Waals surface area contributed by atoms with E-state index in [-0.39, 0.29) is 0 Å². The Kier molecular flexibility index (Phi) is 4.04. The zero-order valence-electron chi connectivity index (χ0n) is 11.1. The molecule has 0 radical (unpaired) electrons. The molecule has 0 aromatic carbocycles. The average Bonchev–Trinajstić information content (AvgIpc) is 2.82. The van der Waals surface area contributed by atoms with Gasteiger partial charge in [0, 0.05) is 12.7 Å².